The molecule has 1 N–H and O–H groups in total. The number of benzene rings is 1. The smallest absolute Gasteiger partial charge is 0.328 e. The number of ether oxygens (including phenoxy) is 1. The lowest BCUT2D eigenvalue weighted by Crippen LogP contribution is -2.52. The Balaban J connectivity index is 1.28. The summed E-state index contributed by atoms with van der Waals surface area (Å²) in [6, 6.07) is 15.2. The highest BCUT2D eigenvalue weighted by Crippen LogP contribution is 2.48. The monoisotopic (exact) mass is 521 g/mol. The first-order valence-corrected chi connectivity index (χ1v) is 13.6. The molecule has 4 aromatic rings. The Labute approximate surface area is 227 Å². The van der Waals surface area contributed by atoms with Gasteiger partial charge in [-0.05, 0) is 61.7 Å². The summed E-state index contributed by atoms with van der Waals surface area (Å²) in [6.07, 6.45) is 12.3. The molecule has 2 aliphatic carbocycles. The summed E-state index contributed by atoms with van der Waals surface area (Å²) in [5, 5.41) is 3.41. The molecule has 0 amide bonds. The van der Waals surface area contributed by atoms with Crippen LogP contribution in [0.25, 0.3) is 28.2 Å². The van der Waals surface area contributed by atoms with Crippen molar-refractivity contribution in [3.8, 4) is 17.1 Å². The number of imidazole rings is 1. The predicted molar refractivity (Wildman–Crippen MR) is 148 cm³/mol. The van der Waals surface area contributed by atoms with E-state index in [2.05, 4.69) is 15.3 Å². The number of carbonyl (C=O) groups excluding carboxylic acids is 2. The van der Waals surface area contributed by atoms with Gasteiger partial charge in [0, 0.05) is 48.0 Å². The van der Waals surface area contributed by atoms with Crippen molar-refractivity contribution in [2.75, 3.05) is 6.61 Å². The van der Waals surface area contributed by atoms with Gasteiger partial charge < -0.3 is 10.1 Å². The minimum absolute atomic E-state index is 0.183. The first kappa shape index (κ1) is 25.0. The van der Waals surface area contributed by atoms with Crippen LogP contribution >= 0.6 is 0 Å². The lowest BCUT2D eigenvalue weighted by atomic mass is 9.62. The summed E-state index contributed by atoms with van der Waals surface area (Å²) in [5.41, 5.74) is 4.79. The SMILES string of the molecule is CCOC(=O)[C@H](Cc1ccc(-n2c(-c3cccnc3)nc3cccnc32)cc1)NC1=CC(=O)C12CCCCC2. The van der Waals surface area contributed by atoms with Gasteiger partial charge >= 0.3 is 5.97 Å². The zero-order valence-electron chi connectivity index (χ0n) is 22.0. The van der Waals surface area contributed by atoms with Gasteiger partial charge in [-0.25, -0.2) is 14.8 Å². The molecule has 198 valence electrons. The fourth-order valence-electron chi connectivity index (χ4n) is 5.80. The average Bonchev–Trinajstić information content (AvgIpc) is 3.37. The number of hydrogen-bond donors (Lipinski definition) is 1. The molecule has 0 bridgehead atoms. The number of aromatic nitrogens is 4. The lowest BCUT2D eigenvalue weighted by Gasteiger charge is -2.44. The average molecular weight is 522 g/mol. The van der Waals surface area contributed by atoms with Gasteiger partial charge in [-0.3, -0.25) is 14.3 Å². The molecule has 8 nitrogen and oxygen atoms in total. The molecule has 39 heavy (non-hydrogen) atoms. The molecule has 6 rings (SSSR count). The number of rotatable bonds is 8. The fraction of sp³-hybridized carbons (Fsp3) is 0.323. The molecule has 1 fully saturated rings. The molecule has 1 atom stereocenters. The summed E-state index contributed by atoms with van der Waals surface area (Å²) in [4.78, 5) is 39.2. The second-order valence-electron chi connectivity index (χ2n) is 10.2. The molecule has 0 unspecified atom stereocenters. The Bertz CT molecular complexity index is 1540. The van der Waals surface area contributed by atoms with E-state index in [4.69, 9.17) is 9.72 Å². The maximum atomic E-state index is 13.0. The number of carbonyl (C=O) groups is 2. The molecule has 1 aromatic carbocycles. The minimum Gasteiger partial charge on any atom is -0.464 e. The van der Waals surface area contributed by atoms with E-state index in [-0.39, 0.29) is 11.8 Å². The first-order chi connectivity index (χ1) is 19.1. The van der Waals surface area contributed by atoms with Crippen molar-refractivity contribution in [1.82, 2.24) is 24.8 Å². The zero-order valence-corrected chi connectivity index (χ0v) is 22.0. The number of ketones is 1. The van der Waals surface area contributed by atoms with E-state index in [1.54, 1.807) is 24.7 Å². The maximum absolute atomic E-state index is 13.0. The highest BCUT2D eigenvalue weighted by Gasteiger charge is 2.49. The van der Waals surface area contributed by atoms with E-state index in [0.717, 1.165) is 71.6 Å². The molecule has 3 heterocycles. The third kappa shape index (κ3) is 4.60. The highest BCUT2D eigenvalue weighted by molar-refractivity contribution is 6.05. The minimum atomic E-state index is -0.573. The molecule has 0 aliphatic heterocycles. The van der Waals surface area contributed by atoms with Gasteiger partial charge in [0.25, 0.3) is 0 Å². The lowest BCUT2D eigenvalue weighted by molar-refractivity contribution is -0.146. The third-order valence-electron chi connectivity index (χ3n) is 7.84. The van der Waals surface area contributed by atoms with Crippen molar-refractivity contribution in [1.29, 1.82) is 0 Å². The van der Waals surface area contributed by atoms with Crippen LogP contribution in [0.2, 0.25) is 0 Å². The van der Waals surface area contributed by atoms with Gasteiger partial charge in [-0.1, -0.05) is 31.4 Å². The van der Waals surface area contributed by atoms with Crippen molar-refractivity contribution in [3.63, 3.8) is 0 Å². The normalized spacial score (nSPS) is 16.9. The number of esters is 1. The summed E-state index contributed by atoms with van der Waals surface area (Å²) < 4.78 is 7.43. The van der Waals surface area contributed by atoms with Gasteiger partial charge in [-0.2, -0.15) is 0 Å². The molecular formula is C31H31N5O3. The second-order valence-corrected chi connectivity index (χ2v) is 10.2. The number of fused-ring (bicyclic) bond motifs is 1. The van der Waals surface area contributed by atoms with E-state index in [0.29, 0.717) is 13.0 Å². The maximum Gasteiger partial charge on any atom is 0.328 e. The predicted octanol–water partition coefficient (Wildman–Crippen LogP) is 4.96. The van der Waals surface area contributed by atoms with Crippen LogP contribution in [-0.4, -0.2) is 43.9 Å². The first-order valence-electron chi connectivity index (χ1n) is 13.6. The molecule has 2 aliphatic rings. The van der Waals surface area contributed by atoms with Crippen LogP contribution in [0.5, 0.6) is 0 Å². The molecular weight excluding hydrogens is 490 g/mol. The van der Waals surface area contributed by atoms with Crippen molar-refractivity contribution in [3.05, 3.63) is 84.5 Å². The Morgan fingerprint density at radius 3 is 2.59 bits per heavy atom. The van der Waals surface area contributed by atoms with E-state index < -0.39 is 11.5 Å². The number of allylic oxidation sites excluding steroid dienone is 2. The number of nitrogens with one attached hydrogen (secondary N) is 1. The number of nitrogens with zero attached hydrogens (tertiary/aromatic N) is 4. The summed E-state index contributed by atoms with van der Waals surface area (Å²) in [6.45, 7) is 2.11. The van der Waals surface area contributed by atoms with E-state index in [1.165, 1.54) is 0 Å². The largest absolute Gasteiger partial charge is 0.464 e. The van der Waals surface area contributed by atoms with Crippen molar-refractivity contribution < 1.29 is 14.3 Å². The Morgan fingerprint density at radius 1 is 1.08 bits per heavy atom. The van der Waals surface area contributed by atoms with Crippen molar-refractivity contribution in [2.45, 2.75) is 51.5 Å². The van der Waals surface area contributed by atoms with Gasteiger partial charge in [0.1, 0.15) is 17.4 Å². The summed E-state index contributed by atoms with van der Waals surface area (Å²) in [7, 11) is 0. The van der Waals surface area contributed by atoms with Crippen molar-refractivity contribution in [2.24, 2.45) is 5.41 Å². The topological polar surface area (TPSA) is 99.0 Å². The van der Waals surface area contributed by atoms with Crippen LogP contribution in [0.15, 0.2) is 78.9 Å². The Hall–Kier alpha value is -4.33. The molecule has 1 saturated carbocycles. The molecule has 8 heteroatoms. The van der Waals surface area contributed by atoms with Gasteiger partial charge in [0.2, 0.25) is 0 Å². The Morgan fingerprint density at radius 2 is 1.87 bits per heavy atom. The van der Waals surface area contributed by atoms with E-state index >= 15 is 0 Å². The number of pyridine rings is 2. The van der Waals surface area contributed by atoms with Crippen LogP contribution in [0.3, 0.4) is 0 Å². The quantitative estimate of drug-likeness (QED) is 0.327. The van der Waals surface area contributed by atoms with Gasteiger partial charge in [0.05, 0.1) is 12.0 Å². The third-order valence-corrected chi connectivity index (χ3v) is 7.84. The van der Waals surface area contributed by atoms with Crippen LogP contribution in [0.4, 0.5) is 0 Å². The van der Waals surface area contributed by atoms with Crippen LogP contribution in [-0.2, 0) is 20.7 Å². The van der Waals surface area contributed by atoms with E-state index in [1.807, 2.05) is 60.0 Å². The Kier molecular flexibility index (Phi) is 6.69. The van der Waals surface area contributed by atoms with Crippen LogP contribution < -0.4 is 5.32 Å². The fourth-order valence-corrected chi connectivity index (χ4v) is 5.80. The number of hydrogen-bond acceptors (Lipinski definition) is 7. The van der Waals surface area contributed by atoms with Crippen LogP contribution in [0.1, 0.15) is 44.6 Å². The second kappa shape index (κ2) is 10.4. The van der Waals surface area contributed by atoms with E-state index in [9.17, 15) is 9.59 Å². The molecule has 0 radical (unpaired) electrons. The van der Waals surface area contributed by atoms with Gasteiger partial charge in [-0.15, -0.1) is 0 Å². The highest BCUT2D eigenvalue weighted by atomic mass is 16.5. The molecule has 3 aromatic heterocycles. The van der Waals surface area contributed by atoms with Crippen LogP contribution in [0, 0.1) is 5.41 Å². The standard InChI is InChI=1S/C31H31N5O3/c1-2-39-30(38)25(34-26-19-27(37)31(26)14-4-3-5-15-31)18-21-10-12-23(13-11-21)36-28(22-8-6-16-32-20-22)35-24-9-7-17-33-29(24)36/h6-13,16-17,19-20,25,34H,2-5,14-15,18H2,1H3/t25-/m0/s1. The van der Waals surface area contributed by atoms with Crippen molar-refractivity contribution >= 4 is 22.9 Å². The van der Waals surface area contributed by atoms with Gasteiger partial charge in [0.15, 0.2) is 11.4 Å². The summed E-state index contributed by atoms with van der Waals surface area (Å²) in [5.74, 6) is 0.633. The summed E-state index contributed by atoms with van der Waals surface area (Å²) >= 11 is 0. The zero-order chi connectivity index (χ0) is 26.8. The molecule has 1 spiro atoms. The molecule has 0 saturated heterocycles.